The van der Waals surface area contributed by atoms with Crippen molar-refractivity contribution in [2.75, 3.05) is 19.3 Å². The maximum Gasteiger partial charge on any atom is 0.327 e. The number of amides is 1. The number of carbonyl (C=O) groups excluding carboxylic acids is 1. The van der Waals surface area contributed by atoms with Gasteiger partial charge in [-0.2, -0.15) is 11.8 Å². The van der Waals surface area contributed by atoms with Gasteiger partial charge in [-0.25, -0.2) is 4.79 Å². The number of aliphatic carboxylic acids is 1. The van der Waals surface area contributed by atoms with Gasteiger partial charge in [0.1, 0.15) is 6.04 Å². The van der Waals surface area contributed by atoms with Gasteiger partial charge in [-0.05, 0) is 6.26 Å². The third-order valence-corrected chi connectivity index (χ3v) is 2.83. The van der Waals surface area contributed by atoms with E-state index >= 15 is 0 Å². The van der Waals surface area contributed by atoms with E-state index < -0.39 is 12.0 Å². The molecule has 0 bridgehead atoms. The van der Waals surface area contributed by atoms with Crippen molar-refractivity contribution in [3.63, 3.8) is 0 Å². The zero-order valence-corrected chi connectivity index (χ0v) is 10.1. The number of thioether (sulfide) groups is 1. The summed E-state index contributed by atoms with van der Waals surface area (Å²) >= 11 is 1.70. The average Bonchev–Trinajstić information content (AvgIpc) is 2.15. The van der Waals surface area contributed by atoms with Gasteiger partial charge in [0, 0.05) is 25.3 Å². The van der Waals surface area contributed by atoms with Crippen LogP contribution in [0.3, 0.4) is 0 Å². The van der Waals surface area contributed by atoms with Crippen molar-refractivity contribution < 1.29 is 14.7 Å². The molecule has 6 heteroatoms. The highest BCUT2D eigenvalue weighted by molar-refractivity contribution is 7.99. The summed E-state index contributed by atoms with van der Waals surface area (Å²) in [5.41, 5.74) is 0. The molecule has 0 radical (unpaired) electrons. The van der Waals surface area contributed by atoms with Crippen molar-refractivity contribution >= 4 is 23.6 Å². The van der Waals surface area contributed by atoms with Crippen molar-refractivity contribution in [2.45, 2.75) is 25.1 Å². The van der Waals surface area contributed by atoms with Gasteiger partial charge in [-0.15, -0.1) is 0 Å². The fraction of sp³-hybridized carbons (Fsp3) is 0.778. The van der Waals surface area contributed by atoms with E-state index in [4.69, 9.17) is 5.11 Å². The van der Waals surface area contributed by atoms with Crippen LogP contribution < -0.4 is 10.6 Å². The molecule has 0 heterocycles. The van der Waals surface area contributed by atoms with E-state index in [0.29, 0.717) is 5.25 Å². The molecule has 2 unspecified atom stereocenters. The van der Waals surface area contributed by atoms with E-state index in [-0.39, 0.29) is 12.5 Å². The monoisotopic (exact) mass is 234 g/mol. The highest BCUT2D eigenvalue weighted by atomic mass is 32.2. The molecular formula is C9H18N2O3S. The summed E-state index contributed by atoms with van der Waals surface area (Å²) in [4.78, 5) is 21.4. The Bertz CT molecular complexity index is 223. The average molecular weight is 234 g/mol. The van der Waals surface area contributed by atoms with Gasteiger partial charge in [0.05, 0.1) is 0 Å². The Morgan fingerprint density at radius 2 is 2.00 bits per heavy atom. The Labute approximate surface area is 94.0 Å². The fourth-order valence-corrected chi connectivity index (χ4v) is 1.24. The minimum Gasteiger partial charge on any atom is -0.480 e. The fourth-order valence-electron chi connectivity index (χ4n) is 0.960. The molecule has 5 nitrogen and oxygen atoms in total. The van der Waals surface area contributed by atoms with Gasteiger partial charge in [-0.3, -0.25) is 4.79 Å². The highest BCUT2D eigenvalue weighted by Crippen LogP contribution is 2.02. The molecule has 0 fully saturated rings. The van der Waals surface area contributed by atoms with Crippen molar-refractivity contribution in [1.29, 1.82) is 0 Å². The zero-order chi connectivity index (χ0) is 11.8. The zero-order valence-electron chi connectivity index (χ0n) is 9.24. The van der Waals surface area contributed by atoms with Crippen molar-refractivity contribution in [3.05, 3.63) is 0 Å². The van der Waals surface area contributed by atoms with Crippen LogP contribution in [0.5, 0.6) is 0 Å². The van der Waals surface area contributed by atoms with E-state index in [9.17, 15) is 9.59 Å². The number of hydrogen-bond acceptors (Lipinski definition) is 4. The van der Waals surface area contributed by atoms with Gasteiger partial charge in [0.25, 0.3) is 0 Å². The van der Waals surface area contributed by atoms with Crippen LogP contribution in [0.2, 0.25) is 0 Å². The van der Waals surface area contributed by atoms with E-state index in [1.807, 2.05) is 13.2 Å². The lowest BCUT2D eigenvalue weighted by molar-refractivity contribution is -0.141. The predicted molar refractivity (Wildman–Crippen MR) is 61.1 cm³/mol. The van der Waals surface area contributed by atoms with E-state index in [1.54, 1.807) is 11.8 Å². The third-order valence-electron chi connectivity index (χ3n) is 1.86. The lowest BCUT2D eigenvalue weighted by atomic mass is 10.3. The summed E-state index contributed by atoms with van der Waals surface area (Å²) in [7, 11) is 0. The van der Waals surface area contributed by atoms with E-state index in [0.717, 1.165) is 6.54 Å². The number of nitrogens with one attached hydrogen (secondary N) is 2. The standard InChI is InChI=1S/C9H18N2O3S/c1-6(15-3)4-10-5-8(9(13)14)11-7(2)12/h6,8,10H,4-5H2,1-3H3,(H,11,12)(H,13,14). The molecule has 0 aromatic heterocycles. The molecule has 0 aliphatic carbocycles. The summed E-state index contributed by atoms with van der Waals surface area (Å²) in [6.45, 7) is 4.33. The number of rotatable bonds is 7. The molecule has 0 aliphatic rings. The van der Waals surface area contributed by atoms with Crippen LogP contribution in [-0.4, -0.2) is 47.6 Å². The molecule has 88 valence electrons. The molecule has 1 amide bonds. The summed E-state index contributed by atoms with van der Waals surface area (Å²) < 4.78 is 0. The van der Waals surface area contributed by atoms with Crippen molar-refractivity contribution in [3.8, 4) is 0 Å². The maximum atomic E-state index is 10.7. The normalized spacial score (nSPS) is 14.3. The topological polar surface area (TPSA) is 78.4 Å². The third kappa shape index (κ3) is 7.21. The van der Waals surface area contributed by atoms with Crippen LogP contribution in [0.25, 0.3) is 0 Å². The molecule has 0 aromatic rings. The SMILES string of the molecule is CSC(C)CNCC(NC(C)=O)C(=O)O. The minimum atomic E-state index is -1.02. The Morgan fingerprint density at radius 1 is 1.40 bits per heavy atom. The molecule has 15 heavy (non-hydrogen) atoms. The second-order valence-corrected chi connectivity index (χ2v) is 4.57. The van der Waals surface area contributed by atoms with Crippen molar-refractivity contribution in [1.82, 2.24) is 10.6 Å². The molecule has 0 saturated carbocycles. The molecule has 0 aromatic carbocycles. The number of carbonyl (C=O) groups is 2. The molecular weight excluding hydrogens is 216 g/mol. The van der Waals surface area contributed by atoms with E-state index in [1.165, 1.54) is 6.92 Å². The lowest BCUT2D eigenvalue weighted by Gasteiger charge is -2.15. The first-order chi connectivity index (χ1) is 6.97. The Kier molecular flexibility index (Phi) is 7.15. The first-order valence-corrected chi connectivity index (χ1v) is 5.99. The smallest absolute Gasteiger partial charge is 0.327 e. The molecule has 0 aliphatic heterocycles. The highest BCUT2D eigenvalue weighted by Gasteiger charge is 2.17. The predicted octanol–water partition coefficient (Wildman–Crippen LogP) is -0.0832. The van der Waals surface area contributed by atoms with Gasteiger partial charge in [-0.1, -0.05) is 6.92 Å². The summed E-state index contributed by atoms with van der Waals surface area (Å²) in [5.74, 6) is -1.35. The molecule has 3 N–H and O–H groups in total. The van der Waals surface area contributed by atoms with Crippen LogP contribution in [0.15, 0.2) is 0 Å². The Balaban J connectivity index is 3.86. The summed E-state index contributed by atoms with van der Waals surface area (Å²) in [6.07, 6.45) is 1.99. The second-order valence-electron chi connectivity index (χ2n) is 3.30. The van der Waals surface area contributed by atoms with Gasteiger partial charge >= 0.3 is 5.97 Å². The van der Waals surface area contributed by atoms with Crippen LogP contribution in [0.4, 0.5) is 0 Å². The van der Waals surface area contributed by atoms with Gasteiger partial charge in [0.2, 0.25) is 5.91 Å². The van der Waals surface area contributed by atoms with Gasteiger partial charge < -0.3 is 15.7 Å². The lowest BCUT2D eigenvalue weighted by Crippen LogP contribution is -2.47. The van der Waals surface area contributed by atoms with Crippen LogP contribution in [0.1, 0.15) is 13.8 Å². The molecule has 0 spiro atoms. The second kappa shape index (κ2) is 7.53. The molecule has 0 saturated heterocycles. The number of carboxylic acid groups (broad SMARTS) is 1. The quantitative estimate of drug-likeness (QED) is 0.574. The van der Waals surface area contributed by atoms with E-state index in [2.05, 4.69) is 10.6 Å². The summed E-state index contributed by atoms with van der Waals surface area (Å²) in [6, 6.07) is -0.850. The first-order valence-electron chi connectivity index (χ1n) is 4.70. The number of hydrogen-bond donors (Lipinski definition) is 3. The minimum absolute atomic E-state index is 0.250. The number of carboxylic acids is 1. The van der Waals surface area contributed by atoms with Crippen LogP contribution >= 0.6 is 11.8 Å². The summed E-state index contributed by atoms with van der Waals surface area (Å²) in [5, 5.41) is 14.6. The molecule has 2 atom stereocenters. The largest absolute Gasteiger partial charge is 0.480 e. The first kappa shape index (κ1) is 14.2. The van der Waals surface area contributed by atoms with Crippen LogP contribution in [-0.2, 0) is 9.59 Å². The Morgan fingerprint density at radius 3 is 2.40 bits per heavy atom. The Hall–Kier alpha value is -0.750. The van der Waals surface area contributed by atoms with Crippen LogP contribution in [0, 0.1) is 0 Å². The maximum absolute atomic E-state index is 10.7. The van der Waals surface area contributed by atoms with Gasteiger partial charge in [0.15, 0.2) is 0 Å². The molecule has 0 rings (SSSR count). The van der Waals surface area contributed by atoms with Crippen molar-refractivity contribution in [2.24, 2.45) is 0 Å².